The average Bonchev–Trinajstić information content (AvgIpc) is 3.41. The molecule has 0 bridgehead atoms. The molecule has 3 aromatic rings. The van der Waals surface area contributed by atoms with Crippen LogP contribution in [0.3, 0.4) is 0 Å². The third kappa shape index (κ3) is 3.28. The second-order valence-electron chi connectivity index (χ2n) is 7.09. The summed E-state index contributed by atoms with van der Waals surface area (Å²) in [6, 6.07) is 9.64. The van der Waals surface area contributed by atoms with E-state index in [0.29, 0.717) is 34.6 Å². The van der Waals surface area contributed by atoms with Crippen molar-refractivity contribution in [3.05, 3.63) is 75.4 Å². The minimum Gasteiger partial charge on any atom is -0.467 e. The van der Waals surface area contributed by atoms with Gasteiger partial charge in [-0.2, -0.15) is 4.98 Å². The number of hydrogen-bond acceptors (Lipinski definition) is 8. The molecule has 1 aromatic carbocycles. The minimum atomic E-state index is -0.430. The molecule has 30 heavy (non-hydrogen) atoms. The molecule has 3 heterocycles. The van der Waals surface area contributed by atoms with E-state index in [2.05, 4.69) is 15.4 Å². The molecule has 0 radical (unpaired) electrons. The van der Waals surface area contributed by atoms with Crippen LogP contribution < -0.4 is 5.32 Å². The van der Waals surface area contributed by atoms with Gasteiger partial charge in [-0.15, -0.1) is 5.10 Å². The topological polar surface area (TPSA) is 116 Å². The van der Waals surface area contributed by atoms with Crippen LogP contribution in [0.2, 0.25) is 0 Å². The summed E-state index contributed by atoms with van der Waals surface area (Å²) in [4.78, 5) is 27.7. The zero-order valence-electron chi connectivity index (χ0n) is 15.8. The number of furan rings is 1. The first-order chi connectivity index (χ1) is 14.6. The molecule has 9 nitrogen and oxygen atoms in total. The standard InChI is InChI=1S/C20H17N5O4S/c26-15-4-1-3-14-17(15)18(16-5-2-10-29-16)24-19(21-14)22-20(23-24)30-11-12-6-8-13(9-7-12)25(27)28/h2,5-10,18H,1,3-4,11H2,(H,21,22,23). The maximum absolute atomic E-state index is 12.7. The predicted molar refractivity (Wildman–Crippen MR) is 109 cm³/mol. The number of fused-ring (bicyclic) bond motifs is 1. The van der Waals surface area contributed by atoms with Crippen LogP contribution in [0.5, 0.6) is 0 Å². The largest absolute Gasteiger partial charge is 0.467 e. The second-order valence-corrected chi connectivity index (χ2v) is 8.03. The Bertz CT molecular complexity index is 1150. The van der Waals surface area contributed by atoms with Gasteiger partial charge in [-0.25, -0.2) is 4.68 Å². The van der Waals surface area contributed by atoms with Gasteiger partial charge in [-0.3, -0.25) is 14.9 Å². The van der Waals surface area contributed by atoms with Crippen LogP contribution in [-0.4, -0.2) is 25.5 Å². The number of nitrogens with one attached hydrogen (secondary N) is 1. The van der Waals surface area contributed by atoms with Crippen molar-refractivity contribution in [3.8, 4) is 0 Å². The lowest BCUT2D eigenvalue weighted by molar-refractivity contribution is -0.384. The third-order valence-electron chi connectivity index (χ3n) is 5.18. The molecule has 5 rings (SSSR count). The molecule has 1 atom stereocenters. The number of non-ortho nitro benzene ring substituents is 1. The van der Waals surface area contributed by atoms with E-state index in [1.54, 1.807) is 29.1 Å². The van der Waals surface area contributed by atoms with E-state index in [1.165, 1.54) is 23.9 Å². The Morgan fingerprint density at radius 2 is 2.10 bits per heavy atom. The summed E-state index contributed by atoms with van der Waals surface area (Å²) < 4.78 is 7.34. The highest BCUT2D eigenvalue weighted by molar-refractivity contribution is 7.98. The Morgan fingerprint density at radius 1 is 1.27 bits per heavy atom. The molecule has 2 aliphatic rings. The van der Waals surface area contributed by atoms with Crippen molar-refractivity contribution in [2.24, 2.45) is 0 Å². The fraction of sp³-hybridized carbons (Fsp3) is 0.250. The van der Waals surface area contributed by atoms with Gasteiger partial charge >= 0.3 is 0 Å². The van der Waals surface area contributed by atoms with Crippen molar-refractivity contribution in [2.75, 3.05) is 5.32 Å². The number of anilines is 1. The lowest BCUT2D eigenvalue weighted by Crippen LogP contribution is -2.31. The van der Waals surface area contributed by atoms with Gasteiger partial charge in [0.15, 0.2) is 5.78 Å². The van der Waals surface area contributed by atoms with E-state index < -0.39 is 11.0 Å². The number of nitrogens with zero attached hydrogens (tertiary/aromatic N) is 4. The minimum absolute atomic E-state index is 0.0612. The number of thioether (sulfide) groups is 1. The number of benzene rings is 1. The van der Waals surface area contributed by atoms with Crippen LogP contribution in [0.4, 0.5) is 11.6 Å². The number of rotatable bonds is 5. The van der Waals surface area contributed by atoms with Gasteiger partial charge in [0, 0.05) is 35.6 Å². The maximum Gasteiger partial charge on any atom is 0.269 e. The molecule has 1 aliphatic heterocycles. The molecule has 0 amide bonds. The van der Waals surface area contributed by atoms with Crippen molar-refractivity contribution >= 4 is 29.2 Å². The van der Waals surface area contributed by atoms with E-state index in [4.69, 9.17) is 4.42 Å². The first kappa shape index (κ1) is 18.6. The molecule has 152 valence electrons. The van der Waals surface area contributed by atoms with Crippen LogP contribution in [0.1, 0.15) is 36.6 Å². The van der Waals surface area contributed by atoms with E-state index in [1.807, 2.05) is 6.07 Å². The highest BCUT2D eigenvalue weighted by atomic mass is 32.2. The number of allylic oxidation sites excluding steroid dienone is 2. The lowest BCUT2D eigenvalue weighted by Gasteiger charge is -2.30. The summed E-state index contributed by atoms with van der Waals surface area (Å²) in [5.74, 6) is 1.90. The van der Waals surface area contributed by atoms with Gasteiger partial charge in [-0.1, -0.05) is 23.9 Å². The summed E-state index contributed by atoms with van der Waals surface area (Å²) in [6.45, 7) is 0. The molecule has 1 unspecified atom stereocenters. The second kappa shape index (κ2) is 7.45. The Kier molecular flexibility index (Phi) is 4.62. The Labute approximate surface area is 175 Å². The quantitative estimate of drug-likeness (QED) is 0.370. The molecular weight excluding hydrogens is 406 g/mol. The zero-order chi connectivity index (χ0) is 20.7. The molecule has 0 saturated heterocycles. The van der Waals surface area contributed by atoms with Crippen molar-refractivity contribution in [2.45, 2.75) is 36.2 Å². The molecule has 0 saturated carbocycles. The van der Waals surface area contributed by atoms with Crippen molar-refractivity contribution < 1.29 is 14.1 Å². The van der Waals surface area contributed by atoms with E-state index in [0.717, 1.165) is 24.1 Å². The Balaban J connectivity index is 1.42. The van der Waals surface area contributed by atoms with Crippen LogP contribution in [-0.2, 0) is 10.5 Å². The fourth-order valence-corrected chi connectivity index (χ4v) is 4.55. The fourth-order valence-electron chi connectivity index (χ4n) is 3.77. The van der Waals surface area contributed by atoms with Crippen molar-refractivity contribution in [1.82, 2.24) is 14.8 Å². The number of aromatic nitrogens is 3. The maximum atomic E-state index is 12.7. The summed E-state index contributed by atoms with van der Waals surface area (Å²) in [5, 5.41) is 19.3. The van der Waals surface area contributed by atoms with Gasteiger partial charge < -0.3 is 9.73 Å². The number of nitro benzene ring substituents is 1. The third-order valence-corrected chi connectivity index (χ3v) is 6.09. The molecule has 0 spiro atoms. The molecule has 10 heteroatoms. The van der Waals surface area contributed by atoms with E-state index in [9.17, 15) is 14.9 Å². The highest BCUT2D eigenvalue weighted by Gasteiger charge is 2.38. The first-order valence-corrected chi connectivity index (χ1v) is 10.5. The van der Waals surface area contributed by atoms with Gasteiger partial charge in [0.05, 0.1) is 11.2 Å². The van der Waals surface area contributed by atoms with Gasteiger partial charge in [-0.05, 0) is 30.5 Å². The molecule has 1 N–H and O–H groups in total. The smallest absolute Gasteiger partial charge is 0.269 e. The van der Waals surface area contributed by atoms with Gasteiger partial charge in [0.2, 0.25) is 11.1 Å². The first-order valence-electron chi connectivity index (χ1n) is 9.49. The monoisotopic (exact) mass is 423 g/mol. The van der Waals surface area contributed by atoms with Crippen LogP contribution in [0.15, 0.2) is 63.5 Å². The normalized spacial score (nSPS) is 18.0. The SMILES string of the molecule is O=C1CCCC2=C1C(c1ccco1)n1nc(SCc3ccc([N+](=O)[O-])cc3)nc1N2. The molecule has 0 fully saturated rings. The number of carbonyl (C=O) groups excluding carboxylic acids is 1. The Morgan fingerprint density at radius 3 is 2.83 bits per heavy atom. The number of carbonyl (C=O) groups is 1. The summed E-state index contributed by atoms with van der Waals surface area (Å²) in [5.41, 5.74) is 2.58. The summed E-state index contributed by atoms with van der Waals surface area (Å²) in [7, 11) is 0. The summed E-state index contributed by atoms with van der Waals surface area (Å²) >= 11 is 1.43. The van der Waals surface area contributed by atoms with Crippen molar-refractivity contribution in [3.63, 3.8) is 0 Å². The summed E-state index contributed by atoms with van der Waals surface area (Å²) in [6.07, 6.45) is 3.71. The van der Waals surface area contributed by atoms with Gasteiger partial charge in [0.25, 0.3) is 5.69 Å². The Hall–Kier alpha value is -3.40. The lowest BCUT2D eigenvalue weighted by atomic mass is 9.88. The average molecular weight is 423 g/mol. The van der Waals surface area contributed by atoms with Crippen LogP contribution in [0, 0.1) is 10.1 Å². The number of Topliss-reactive ketones (excluding diaryl/α,β-unsaturated/α-hetero) is 1. The number of hydrogen-bond donors (Lipinski definition) is 1. The van der Waals surface area contributed by atoms with Crippen LogP contribution >= 0.6 is 11.8 Å². The predicted octanol–water partition coefficient (Wildman–Crippen LogP) is 4.09. The zero-order valence-corrected chi connectivity index (χ0v) is 16.6. The highest BCUT2D eigenvalue weighted by Crippen LogP contribution is 2.40. The number of nitro groups is 1. The van der Waals surface area contributed by atoms with E-state index in [-0.39, 0.29) is 11.5 Å². The van der Waals surface area contributed by atoms with Gasteiger partial charge in [0.1, 0.15) is 11.8 Å². The number of ketones is 1. The van der Waals surface area contributed by atoms with E-state index >= 15 is 0 Å². The molecular formula is C20H17N5O4S. The molecule has 2 aromatic heterocycles. The molecule has 1 aliphatic carbocycles. The van der Waals surface area contributed by atoms with Crippen molar-refractivity contribution in [1.29, 1.82) is 0 Å². The van der Waals surface area contributed by atoms with Crippen LogP contribution in [0.25, 0.3) is 0 Å².